The lowest BCUT2D eigenvalue weighted by Crippen LogP contribution is -2.08. The van der Waals surface area contributed by atoms with Gasteiger partial charge in [-0.3, -0.25) is 0 Å². The summed E-state index contributed by atoms with van der Waals surface area (Å²) in [6.45, 7) is -0.424. The van der Waals surface area contributed by atoms with Crippen LogP contribution >= 0.6 is 0 Å². The Hall–Kier alpha value is -1.23. The molecule has 14 heavy (non-hydrogen) atoms. The highest BCUT2D eigenvalue weighted by molar-refractivity contribution is 5.39. The molecule has 0 aliphatic carbocycles. The zero-order valence-electron chi connectivity index (χ0n) is 7.43. The summed E-state index contributed by atoms with van der Waals surface area (Å²) in [4.78, 5) is 0. The molecule has 0 aliphatic heterocycles. The van der Waals surface area contributed by atoms with Gasteiger partial charge in [0, 0.05) is 0 Å². The molecule has 1 aromatic rings. The fraction of sp³-hybridized carbons (Fsp3) is 0.333. The average Bonchev–Trinajstić information content (AvgIpc) is 2.15. The predicted molar refractivity (Wildman–Crippen MR) is 43.9 cm³/mol. The maximum Gasteiger partial charge on any atom is 0.419 e. The summed E-state index contributed by atoms with van der Waals surface area (Å²) >= 11 is 0. The van der Waals surface area contributed by atoms with E-state index >= 15 is 0 Å². The van der Waals surface area contributed by atoms with Gasteiger partial charge in [0.25, 0.3) is 0 Å². The standard InChI is InChI=1S/C9H9F3O2/c1-14-8-3-2-6(5-13)4-7(8)9(10,11)12/h2-4,13H,5H2,1H3. The summed E-state index contributed by atoms with van der Waals surface area (Å²) in [6, 6.07) is 3.45. The SMILES string of the molecule is COc1ccc(CO)cc1C(F)(F)F. The summed E-state index contributed by atoms with van der Waals surface area (Å²) in [5.74, 6) is -0.241. The number of rotatable bonds is 2. The largest absolute Gasteiger partial charge is 0.496 e. The van der Waals surface area contributed by atoms with Crippen molar-refractivity contribution in [1.82, 2.24) is 0 Å². The van der Waals surface area contributed by atoms with E-state index in [0.717, 1.165) is 6.07 Å². The van der Waals surface area contributed by atoms with Crippen LogP contribution in [0.3, 0.4) is 0 Å². The molecule has 0 fully saturated rings. The van der Waals surface area contributed by atoms with E-state index in [0.29, 0.717) is 0 Å². The van der Waals surface area contributed by atoms with Crippen LogP contribution in [0.2, 0.25) is 0 Å². The van der Waals surface area contributed by atoms with Crippen LogP contribution in [-0.4, -0.2) is 12.2 Å². The topological polar surface area (TPSA) is 29.5 Å². The smallest absolute Gasteiger partial charge is 0.419 e. The Morgan fingerprint density at radius 2 is 2.00 bits per heavy atom. The van der Waals surface area contributed by atoms with Gasteiger partial charge >= 0.3 is 6.18 Å². The first-order valence-corrected chi connectivity index (χ1v) is 3.84. The number of halogens is 3. The molecule has 0 saturated carbocycles. The zero-order chi connectivity index (χ0) is 10.8. The van der Waals surface area contributed by atoms with Crippen molar-refractivity contribution in [2.75, 3.05) is 7.11 Å². The molecule has 0 unspecified atom stereocenters. The third kappa shape index (κ3) is 2.17. The van der Waals surface area contributed by atoms with Crippen molar-refractivity contribution in [3.63, 3.8) is 0 Å². The highest BCUT2D eigenvalue weighted by atomic mass is 19.4. The van der Waals surface area contributed by atoms with Crippen LogP contribution in [0.15, 0.2) is 18.2 Å². The molecule has 1 aromatic carbocycles. The molecule has 0 aliphatic rings. The third-order valence-corrected chi connectivity index (χ3v) is 1.75. The highest BCUT2D eigenvalue weighted by Gasteiger charge is 2.34. The van der Waals surface area contributed by atoms with Crippen molar-refractivity contribution in [3.05, 3.63) is 29.3 Å². The number of alkyl halides is 3. The fourth-order valence-corrected chi connectivity index (χ4v) is 1.08. The van der Waals surface area contributed by atoms with Crippen LogP contribution in [-0.2, 0) is 12.8 Å². The molecule has 0 saturated heterocycles. The number of aliphatic hydroxyl groups is 1. The zero-order valence-corrected chi connectivity index (χ0v) is 7.43. The highest BCUT2D eigenvalue weighted by Crippen LogP contribution is 2.36. The van der Waals surface area contributed by atoms with E-state index < -0.39 is 18.3 Å². The van der Waals surface area contributed by atoms with E-state index in [1.165, 1.54) is 19.2 Å². The second kappa shape index (κ2) is 3.88. The third-order valence-electron chi connectivity index (χ3n) is 1.75. The van der Waals surface area contributed by atoms with Gasteiger partial charge in [-0.15, -0.1) is 0 Å². The first-order chi connectivity index (χ1) is 6.49. The van der Waals surface area contributed by atoms with Gasteiger partial charge in [0.2, 0.25) is 0 Å². The van der Waals surface area contributed by atoms with Crippen LogP contribution in [0, 0.1) is 0 Å². The average molecular weight is 206 g/mol. The Kier molecular flexibility index (Phi) is 3.00. The van der Waals surface area contributed by atoms with Crippen LogP contribution in [0.1, 0.15) is 11.1 Å². The van der Waals surface area contributed by atoms with Crippen molar-refractivity contribution in [1.29, 1.82) is 0 Å². The van der Waals surface area contributed by atoms with E-state index in [1.807, 2.05) is 0 Å². The molecule has 1 N–H and O–H groups in total. The molecule has 0 heterocycles. The number of hydrogen-bond donors (Lipinski definition) is 1. The molecule has 78 valence electrons. The lowest BCUT2D eigenvalue weighted by atomic mass is 10.1. The Morgan fingerprint density at radius 3 is 2.43 bits per heavy atom. The maximum atomic E-state index is 12.4. The molecular weight excluding hydrogens is 197 g/mol. The number of ether oxygens (including phenoxy) is 1. The van der Waals surface area contributed by atoms with Crippen LogP contribution in [0.4, 0.5) is 13.2 Å². The quantitative estimate of drug-likeness (QED) is 0.803. The monoisotopic (exact) mass is 206 g/mol. The van der Waals surface area contributed by atoms with Crippen molar-refractivity contribution in [2.45, 2.75) is 12.8 Å². The van der Waals surface area contributed by atoms with Gasteiger partial charge in [-0.05, 0) is 17.7 Å². The molecule has 2 nitrogen and oxygen atoms in total. The van der Waals surface area contributed by atoms with Gasteiger partial charge < -0.3 is 9.84 Å². The predicted octanol–water partition coefficient (Wildman–Crippen LogP) is 2.21. The van der Waals surface area contributed by atoms with E-state index in [4.69, 9.17) is 5.11 Å². The van der Waals surface area contributed by atoms with Gasteiger partial charge in [-0.2, -0.15) is 13.2 Å². The normalized spacial score (nSPS) is 11.5. The van der Waals surface area contributed by atoms with Crippen LogP contribution in [0.5, 0.6) is 5.75 Å². The minimum atomic E-state index is -4.46. The van der Waals surface area contributed by atoms with E-state index in [2.05, 4.69) is 4.74 Å². The number of hydrogen-bond acceptors (Lipinski definition) is 2. The van der Waals surface area contributed by atoms with Crippen molar-refractivity contribution in [3.8, 4) is 5.75 Å². The first-order valence-electron chi connectivity index (χ1n) is 3.84. The number of benzene rings is 1. The lowest BCUT2D eigenvalue weighted by Gasteiger charge is -2.12. The van der Waals surface area contributed by atoms with E-state index in [1.54, 1.807) is 0 Å². The van der Waals surface area contributed by atoms with Gasteiger partial charge in [-0.25, -0.2) is 0 Å². The Bertz CT molecular complexity index is 320. The van der Waals surface area contributed by atoms with E-state index in [-0.39, 0.29) is 11.3 Å². The van der Waals surface area contributed by atoms with E-state index in [9.17, 15) is 13.2 Å². The molecular formula is C9H9F3O2. The van der Waals surface area contributed by atoms with Crippen molar-refractivity contribution in [2.24, 2.45) is 0 Å². The van der Waals surface area contributed by atoms with Crippen LogP contribution < -0.4 is 4.74 Å². The Morgan fingerprint density at radius 1 is 1.36 bits per heavy atom. The molecule has 0 spiro atoms. The summed E-state index contributed by atoms with van der Waals surface area (Å²) in [5.41, 5.74) is -0.662. The molecule has 5 heteroatoms. The molecule has 0 atom stereocenters. The lowest BCUT2D eigenvalue weighted by molar-refractivity contribution is -0.138. The van der Waals surface area contributed by atoms with Gasteiger partial charge in [0.15, 0.2) is 0 Å². The summed E-state index contributed by atoms with van der Waals surface area (Å²) in [6.07, 6.45) is -4.46. The molecule has 0 radical (unpaired) electrons. The maximum absolute atomic E-state index is 12.4. The van der Waals surface area contributed by atoms with Crippen molar-refractivity contribution >= 4 is 0 Å². The van der Waals surface area contributed by atoms with Gasteiger partial charge in [-0.1, -0.05) is 6.07 Å². The van der Waals surface area contributed by atoms with Gasteiger partial charge in [0.1, 0.15) is 5.75 Å². The van der Waals surface area contributed by atoms with Crippen LogP contribution in [0.25, 0.3) is 0 Å². The summed E-state index contributed by atoms with van der Waals surface area (Å²) in [5, 5.41) is 8.68. The number of aliphatic hydroxyl groups excluding tert-OH is 1. The summed E-state index contributed by atoms with van der Waals surface area (Å²) in [7, 11) is 1.17. The first kappa shape index (κ1) is 10.8. The number of methoxy groups -OCH3 is 1. The Labute approximate surface area is 78.9 Å². The molecule has 0 bridgehead atoms. The molecule has 1 rings (SSSR count). The summed E-state index contributed by atoms with van der Waals surface area (Å²) < 4.78 is 41.7. The minimum Gasteiger partial charge on any atom is -0.496 e. The molecule has 0 amide bonds. The second-order valence-electron chi connectivity index (χ2n) is 2.69. The fourth-order valence-electron chi connectivity index (χ4n) is 1.08. The van der Waals surface area contributed by atoms with Gasteiger partial charge in [0.05, 0.1) is 19.3 Å². The Balaban J connectivity index is 3.22. The second-order valence-corrected chi connectivity index (χ2v) is 2.69. The molecule has 0 aromatic heterocycles. The van der Waals surface area contributed by atoms with Crippen molar-refractivity contribution < 1.29 is 23.0 Å². The minimum absolute atomic E-state index is 0.207.